The van der Waals surface area contributed by atoms with E-state index in [1.54, 1.807) is 49.3 Å². The van der Waals surface area contributed by atoms with E-state index in [1.807, 2.05) is 0 Å². The summed E-state index contributed by atoms with van der Waals surface area (Å²) in [5, 5.41) is 2.98. The molecule has 2 aliphatic heterocycles. The molecule has 32 heavy (non-hydrogen) atoms. The van der Waals surface area contributed by atoms with Gasteiger partial charge in [-0.15, -0.1) is 0 Å². The van der Waals surface area contributed by atoms with E-state index >= 15 is 0 Å². The Morgan fingerprint density at radius 3 is 2.59 bits per heavy atom. The topological polar surface area (TPSA) is 61.9 Å². The molecule has 0 saturated carbocycles. The summed E-state index contributed by atoms with van der Waals surface area (Å²) < 4.78 is 46.4. The van der Waals surface area contributed by atoms with E-state index in [4.69, 9.17) is 4.74 Å². The van der Waals surface area contributed by atoms with Crippen LogP contribution in [0.2, 0.25) is 0 Å². The molecule has 0 unspecified atom stereocenters. The molecule has 0 bridgehead atoms. The number of ether oxygens (including phenoxy) is 1. The van der Waals surface area contributed by atoms with Crippen LogP contribution in [0.5, 0.6) is 5.75 Å². The molecular weight excluding hydrogens is 423 g/mol. The van der Waals surface area contributed by atoms with Crippen LogP contribution in [0, 0.1) is 5.92 Å². The first-order valence-corrected chi connectivity index (χ1v) is 10.2. The smallest absolute Gasteiger partial charge is 0.416 e. The van der Waals surface area contributed by atoms with Gasteiger partial charge in [-0.3, -0.25) is 14.5 Å². The number of carbonyl (C=O) groups is 2. The first-order chi connectivity index (χ1) is 15.1. The molecule has 0 aromatic heterocycles. The Morgan fingerprint density at radius 1 is 1.19 bits per heavy atom. The van der Waals surface area contributed by atoms with Gasteiger partial charge in [-0.05, 0) is 23.8 Å². The van der Waals surface area contributed by atoms with Crippen molar-refractivity contribution < 1.29 is 27.5 Å². The first-order valence-electron chi connectivity index (χ1n) is 10.2. The maximum absolute atomic E-state index is 13.5. The van der Waals surface area contributed by atoms with E-state index in [2.05, 4.69) is 5.32 Å². The molecule has 2 amide bonds. The third kappa shape index (κ3) is 4.04. The van der Waals surface area contributed by atoms with Gasteiger partial charge in [0.05, 0.1) is 22.6 Å². The minimum absolute atomic E-state index is 0.00252. The van der Waals surface area contributed by atoms with Crippen LogP contribution >= 0.6 is 0 Å². The third-order valence-electron chi connectivity index (χ3n) is 6.05. The highest BCUT2D eigenvalue weighted by Crippen LogP contribution is 2.37. The van der Waals surface area contributed by atoms with Crippen molar-refractivity contribution in [3.8, 4) is 5.75 Å². The van der Waals surface area contributed by atoms with Crippen molar-refractivity contribution in [2.24, 2.45) is 5.92 Å². The molecule has 2 aromatic rings. The van der Waals surface area contributed by atoms with Crippen molar-refractivity contribution in [3.63, 3.8) is 0 Å². The number of nitrogens with zero attached hydrogens (tertiary/aromatic N) is 2. The number of para-hydroxylation sites is 1. The molecule has 1 spiro atoms. The number of halogens is 3. The highest BCUT2D eigenvalue weighted by molar-refractivity contribution is 5.98. The van der Waals surface area contributed by atoms with Crippen molar-refractivity contribution >= 4 is 11.8 Å². The van der Waals surface area contributed by atoms with E-state index in [9.17, 15) is 22.8 Å². The maximum atomic E-state index is 13.5. The lowest BCUT2D eigenvalue weighted by atomic mass is 9.86. The van der Waals surface area contributed by atoms with Gasteiger partial charge in [-0.25, -0.2) is 0 Å². The Balaban J connectivity index is 1.66. The summed E-state index contributed by atoms with van der Waals surface area (Å²) in [7, 11) is 3.23. The second-order valence-corrected chi connectivity index (χ2v) is 8.50. The van der Waals surface area contributed by atoms with Crippen molar-refractivity contribution in [1.29, 1.82) is 0 Å². The maximum Gasteiger partial charge on any atom is 0.416 e. The van der Waals surface area contributed by atoms with Crippen LogP contribution in [-0.4, -0.2) is 60.9 Å². The quantitative estimate of drug-likeness (QED) is 0.786. The summed E-state index contributed by atoms with van der Waals surface area (Å²) >= 11 is 0. The molecule has 0 aliphatic carbocycles. The third-order valence-corrected chi connectivity index (χ3v) is 6.05. The molecule has 2 aromatic carbocycles. The Bertz CT molecular complexity index is 1040. The predicted octanol–water partition coefficient (Wildman–Crippen LogP) is 2.79. The monoisotopic (exact) mass is 447 g/mol. The molecule has 9 heteroatoms. The van der Waals surface area contributed by atoms with Crippen molar-refractivity contribution in [3.05, 3.63) is 65.2 Å². The molecule has 1 saturated heterocycles. The van der Waals surface area contributed by atoms with Crippen molar-refractivity contribution in [2.45, 2.75) is 18.3 Å². The zero-order valence-corrected chi connectivity index (χ0v) is 17.8. The number of benzene rings is 2. The average molecular weight is 447 g/mol. The van der Waals surface area contributed by atoms with Gasteiger partial charge >= 0.3 is 6.18 Å². The molecular formula is C23H24F3N3O3. The van der Waals surface area contributed by atoms with Crippen LogP contribution in [0.1, 0.15) is 21.5 Å². The van der Waals surface area contributed by atoms with Crippen molar-refractivity contribution in [2.75, 3.05) is 33.8 Å². The summed E-state index contributed by atoms with van der Waals surface area (Å²) in [6.07, 6.45) is -4.48. The van der Waals surface area contributed by atoms with Gasteiger partial charge in [0.15, 0.2) is 0 Å². The lowest BCUT2D eigenvalue weighted by Gasteiger charge is -2.34. The van der Waals surface area contributed by atoms with E-state index < -0.39 is 23.2 Å². The summed E-state index contributed by atoms with van der Waals surface area (Å²) in [5.74, 6) is -0.841. The predicted molar refractivity (Wildman–Crippen MR) is 111 cm³/mol. The fourth-order valence-corrected chi connectivity index (χ4v) is 4.52. The number of nitrogens with one attached hydrogen (secondary N) is 1. The zero-order chi connectivity index (χ0) is 23.1. The molecule has 6 nitrogen and oxygen atoms in total. The van der Waals surface area contributed by atoms with E-state index in [0.29, 0.717) is 11.3 Å². The summed E-state index contributed by atoms with van der Waals surface area (Å²) in [6.45, 7) is 0.418. The molecule has 4 rings (SSSR count). The van der Waals surface area contributed by atoms with Gasteiger partial charge in [-0.2, -0.15) is 13.2 Å². The molecule has 1 N–H and O–H groups in total. The molecule has 2 heterocycles. The van der Waals surface area contributed by atoms with Crippen LogP contribution in [0.25, 0.3) is 0 Å². The number of likely N-dealkylation sites (tertiary alicyclic amines) is 1. The van der Waals surface area contributed by atoms with Crippen LogP contribution in [-0.2, 0) is 17.5 Å². The lowest BCUT2D eigenvalue weighted by molar-refractivity contribution is -0.138. The van der Waals surface area contributed by atoms with E-state index in [-0.39, 0.29) is 43.6 Å². The van der Waals surface area contributed by atoms with Gasteiger partial charge in [-0.1, -0.05) is 30.3 Å². The number of fused-ring (bicyclic) bond motifs is 1. The second kappa shape index (κ2) is 8.12. The summed E-state index contributed by atoms with van der Waals surface area (Å²) in [4.78, 5) is 29.2. The Kier molecular flexibility index (Phi) is 5.62. The molecule has 2 atom stereocenters. The van der Waals surface area contributed by atoms with Gasteiger partial charge in [0.2, 0.25) is 5.91 Å². The number of hydrogen-bond acceptors (Lipinski definition) is 4. The Hall–Kier alpha value is -3.07. The molecule has 2 aliphatic rings. The molecule has 1 fully saturated rings. The molecule has 0 radical (unpaired) electrons. The first kappa shape index (κ1) is 22.1. The highest BCUT2D eigenvalue weighted by atomic mass is 19.4. The minimum atomic E-state index is -4.48. The summed E-state index contributed by atoms with van der Waals surface area (Å²) in [6, 6.07) is 12.2. The van der Waals surface area contributed by atoms with Gasteiger partial charge in [0, 0.05) is 33.7 Å². The average Bonchev–Trinajstić information content (AvgIpc) is 3.01. The van der Waals surface area contributed by atoms with Gasteiger partial charge in [0.25, 0.3) is 5.91 Å². The number of rotatable bonds is 3. The standard InChI is InChI=1S/C23H24F3N3O3/c1-28(2)21(31)18-12-29(11-15-7-3-5-9-17(15)23(24,25)26)13-22(18)14-32-19-10-6-4-8-16(19)20(30)27-22/h3-10,18H,11-14H2,1-2H3,(H,27,30)/t18-,22-/m1/s1. The SMILES string of the molecule is CN(C)C(=O)[C@H]1CN(Cc2ccccc2C(F)(F)F)C[C@@]12COc1ccccc1C(=O)N2. The van der Waals surface area contributed by atoms with E-state index in [1.165, 1.54) is 17.0 Å². The van der Waals surface area contributed by atoms with Gasteiger partial charge < -0.3 is 15.0 Å². The number of amides is 2. The molecule has 170 valence electrons. The zero-order valence-electron chi connectivity index (χ0n) is 17.8. The minimum Gasteiger partial charge on any atom is -0.490 e. The Morgan fingerprint density at radius 2 is 1.88 bits per heavy atom. The normalized spacial score (nSPS) is 23.3. The van der Waals surface area contributed by atoms with E-state index in [0.717, 1.165) is 6.07 Å². The van der Waals surface area contributed by atoms with Crippen LogP contribution in [0.4, 0.5) is 13.2 Å². The fraction of sp³-hybridized carbons (Fsp3) is 0.391. The Labute approximate surface area is 183 Å². The van der Waals surface area contributed by atoms with Gasteiger partial charge in [0.1, 0.15) is 12.4 Å². The number of carbonyl (C=O) groups excluding carboxylic acids is 2. The van der Waals surface area contributed by atoms with Crippen molar-refractivity contribution in [1.82, 2.24) is 15.1 Å². The fourth-order valence-electron chi connectivity index (χ4n) is 4.52. The van der Waals surface area contributed by atoms with Crippen LogP contribution in [0.15, 0.2) is 48.5 Å². The highest BCUT2D eigenvalue weighted by Gasteiger charge is 2.53. The van der Waals surface area contributed by atoms with Crippen LogP contribution in [0.3, 0.4) is 0 Å². The largest absolute Gasteiger partial charge is 0.490 e. The number of alkyl halides is 3. The lowest BCUT2D eigenvalue weighted by Crippen LogP contribution is -2.60. The number of hydrogen-bond donors (Lipinski definition) is 1. The summed E-state index contributed by atoms with van der Waals surface area (Å²) in [5.41, 5.74) is -1.28. The van der Waals surface area contributed by atoms with Crippen LogP contribution < -0.4 is 10.1 Å². The second-order valence-electron chi connectivity index (χ2n) is 8.50.